The predicted molar refractivity (Wildman–Crippen MR) is 94.6 cm³/mol. The molecule has 24 heavy (non-hydrogen) atoms. The summed E-state index contributed by atoms with van der Waals surface area (Å²) in [6.07, 6.45) is 0. The third-order valence-electron chi connectivity index (χ3n) is 3.48. The van der Waals surface area contributed by atoms with E-state index in [-0.39, 0.29) is 11.6 Å². The Morgan fingerprint density at radius 1 is 1.33 bits per heavy atom. The van der Waals surface area contributed by atoms with Crippen LogP contribution in [0, 0.1) is 0 Å². The van der Waals surface area contributed by atoms with E-state index >= 15 is 0 Å². The van der Waals surface area contributed by atoms with Crippen LogP contribution in [0.1, 0.15) is 10.4 Å². The van der Waals surface area contributed by atoms with Crippen molar-refractivity contribution in [3.63, 3.8) is 0 Å². The van der Waals surface area contributed by atoms with Gasteiger partial charge in [-0.2, -0.15) is 0 Å². The lowest BCUT2D eigenvalue weighted by molar-refractivity contribution is 0.0952. The van der Waals surface area contributed by atoms with Gasteiger partial charge < -0.3 is 5.32 Å². The lowest BCUT2D eigenvalue weighted by Gasteiger charge is -2.05. The fourth-order valence-corrected chi connectivity index (χ4v) is 3.20. The van der Waals surface area contributed by atoms with Crippen LogP contribution in [0.25, 0.3) is 10.7 Å². The second kappa shape index (κ2) is 7.02. The Morgan fingerprint density at radius 2 is 2.17 bits per heavy atom. The van der Waals surface area contributed by atoms with Crippen molar-refractivity contribution >= 4 is 28.8 Å². The predicted octanol–water partition coefficient (Wildman–Crippen LogP) is 2.39. The molecular weight excluding hydrogens is 348 g/mol. The standard InChI is InChI=1S/C16H15ClN4O2S/c1-20-14(13-6-3-9-24-13)19-21(16(20)23)8-7-18-15(22)11-4-2-5-12(17)10-11/h2-6,9-10H,7-8H2,1H3,(H,18,22). The summed E-state index contributed by atoms with van der Waals surface area (Å²) >= 11 is 7.39. The maximum atomic E-state index is 12.2. The number of halogens is 1. The van der Waals surface area contributed by atoms with E-state index < -0.39 is 0 Å². The Balaban J connectivity index is 1.66. The molecule has 0 spiro atoms. The molecular formula is C16H15ClN4O2S. The first-order valence-electron chi connectivity index (χ1n) is 7.28. The van der Waals surface area contributed by atoms with Gasteiger partial charge in [0.15, 0.2) is 5.82 Å². The quantitative estimate of drug-likeness (QED) is 0.757. The number of amides is 1. The van der Waals surface area contributed by atoms with Crippen LogP contribution in [0.3, 0.4) is 0 Å². The molecule has 6 nitrogen and oxygen atoms in total. The summed E-state index contributed by atoms with van der Waals surface area (Å²) in [4.78, 5) is 25.2. The number of benzene rings is 1. The molecule has 2 aromatic heterocycles. The Morgan fingerprint density at radius 3 is 2.88 bits per heavy atom. The highest BCUT2D eigenvalue weighted by Crippen LogP contribution is 2.20. The Kier molecular flexibility index (Phi) is 4.82. The van der Waals surface area contributed by atoms with E-state index in [1.54, 1.807) is 31.3 Å². The summed E-state index contributed by atoms with van der Waals surface area (Å²) in [5.41, 5.74) is 0.269. The van der Waals surface area contributed by atoms with Gasteiger partial charge in [0.25, 0.3) is 5.91 Å². The highest BCUT2D eigenvalue weighted by Gasteiger charge is 2.13. The lowest BCUT2D eigenvalue weighted by Crippen LogP contribution is -2.31. The van der Waals surface area contributed by atoms with Crippen molar-refractivity contribution < 1.29 is 4.79 Å². The van der Waals surface area contributed by atoms with E-state index in [1.807, 2.05) is 17.5 Å². The van der Waals surface area contributed by atoms with Gasteiger partial charge in [0, 0.05) is 24.2 Å². The molecule has 0 radical (unpaired) electrons. The zero-order valence-electron chi connectivity index (χ0n) is 12.9. The van der Waals surface area contributed by atoms with Crippen LogP contribution >= 0.6 is 22.9 Å². The molecule has 1 N–H and O–H groups in total. The molecule has 1 aromatic carbocycles. The van der Waals surface area contributed by atoms with E-state index in [4.69, 9.17) is 11.6 Å². The number of aromatic nitrogens is 3. The molecule has 1 amide bonds. The Labute approximate surface area is 147 Å². The SMILES string of the molecule is Cn1c(-c2cccs2)nn(CCNC(=O)c2cccc(Cl)c2)c1=O. The summed E-state index contributed by atoms with van der Waals surface area (Å²) in [7, 11) is 1.69. The largest absolute Gasteiger partial charge is 0.350 e. The van der Waals surface area contributed by atoms with Crippen LogP contribution in [0.2, 0.25) is 5.02 Å². The maximum absolute atomic E-state index is 12.2. The molecule has 3 rings (SSSR count). The van der Waals surface area contributed by atoms with Gasteiger partial charge in [-0.15, -0.1) is 16.4 Å². The maximum Gasteiger partial charge on any atom is 0.346 e. The molecule has 0 aliphatic heterocycles. The number of nitrogens with one attached hydrogen (secondary N) is 1. The number of carbonyl (C=O) groups is 1. The Hall–Kier alpha value is -2.38. The first-order valence-corrected chi connectivity index (χ1v) is 8.53. The Bertz CT molecular complexity index is 915. The molecule has 8 heteroatoms. The van der Waals surface area contributed by atoms with Crippen molar-refractivity contribution in [1.29, 1.82) is 0 Å². The van der Waals surface area contributed by atoms with Gasteiger partial charge in [-0.1, -0.05) is 23.7 Å². The summed E-state index contributed by atoms with van der Waals surface area (Å²) in [6, 6.07) is 10.5. The first kappa shape index (κ1) is 16.5. The fourth-order valence-electron chi connectivity index (χ4n) is 2.26. The van der Waals surface area contributed by atoms with Crippen LogP contribution < -0.4 is 11.0 Å². The molecule has 2 heterocycles. The van der Waals surface area contributed by atoms with Crippen LogP contribution in [0.4, 0.5) is 0 Å². The van der Waals surface area contributed by atoms with Gasteiger partial charge in [-0.25, -0.2) is 9.48 Å². The van der Waals surface area contributed by atoms with Crippen LogP contribution in [0.15, 0.2) is 46.6 Å². The minimum atomic E-state index is -0.236. The fraction of sp³-hybridized carbons (Fsp3) is 0.188. The summed E-state index contributed by atoms with van der Waals surface area (Å²) in [6.45, 7) is 0.594. The minimum absolute atomic E-state index is 0.213. The number of hydrogen-bond acceptors (Lipinski definition) is 4. The molecule has 0 saturated heterocycles. The normalized spacial score (nSPS) is 10.8. The van der Waals surface area contributed by atoms with E-state index in [2.05, 4.69) is 10.4 Å². The highest BCUT2D eigenvalue weighted by molar-refractivity contribution is 7.13. The zero-order valence-corrected chi connectivity index (χ0v) is 14.5. The van der Waals surface area contributed by atoms with Crippen molar-refractivity contribution in [2.75, 3.05) is 6.54 Å². The zero-order chi connectivity index (χ0) is 17.1. The molecule has 3 aromatic rings. The molecule has 0 atom stereocenters. The number of hydrogen-bond donors (Lipinski definition) is 1. The molecule has 124 valence electrons. The van der Waals surface area contributed by atoms with Gasteiger partial charge in [-0.05, 0) is 29.6 Å². The van der Waals surface area contributed by atoms with Crippen molar-refractivity contribution in [2.24, 2.45) is 7.05 Å². The third kappa shape index (κ3) is 3.42. The van der Waals surface area contributed by atoms with Gasteiger partial charge in [0.1, 0.15) is 0 Å². The number of thiophene rings is 1. The van der Waals surface area contributed by atoms with Crippen molar-refractivity contribution in [3.05, 3.63) is 62.8 Å². The number of carbonyl (C=O) groups excluding carboxylic acids is 1. The monoisotopic (exact) mass is 362 g/mol. The summed E-state index contributed by atoms with van der Waals surface area (Å²) in [5.74, 6) is 0.385. The first-order chi connectivity index (χ1) is 11.6. The van der Waals surface area contributed by atoms with Gasteiger partial charge in [-0.3, -0.25) is 9.36 Å². The van der Waals surface area contributed by atoms with E-state index in [9.17, 15) is 9.59 Å². The molecule has 0 bridgehead atoms. The molecule has 0 fully saturated rings. The molecule has 0 aliphatic rings. The van der Waals surface area contributed by atoms with Gasteiger partial charge in [0.2, 0.25) is 0 Å². The van der Waals surface area contributed by atoms with Crippen LogP contribution in [-0.4, -0.2) is 26.8 Å². The number of rotatable bonds is 5. The van der Waals surface area contributed by atoms with Gasteiger partial charge in [0.05, 0.1) is 11.4 Å². The van der Waals surface area contributed by atoms with Crippen molar-refractivity contribution in [3.8, 4) is 10.7 Å². The second-order valence-corrected chi connectivity index (χ2v) is 6.52. The summed E-state index contributed by atoms with van der Waals surface area (Å²) in [5, 5.41) is 9.54. The van der Waals surface area contributed by atoms with Crippen LogP contribution in [-0.2, 0) is 13.6 Å². The molecule has 0 aliphatic carbocycles. The second-order valence-electron chi connectivity index (χ2n) is 5.13. The smallest absolute Gasteiger partial charge is 0.346 e. The molecule has 0 saturated carbocycles. The van der Waals surface area contributed by atoms with E-state index in [1.165, 1.54) is 20.6 Å². The number of nitrogens with zero attached hydrogens (tertiary/aromatic N) is 3. The average molecular weight is 363 g/mol. The van der Waals surface area contributed by atoms with Crippen molar-refractivity contribution in [2.45, 2.75) is 6.54 Å². The highest BCUT2D eigenvalue weighted by atomic mass is 35.5. The van der Waals surface area contributed by atoms with E-state index in [0.29, 0.717) is 29.5 Å². The van der Waals surface area contributed by atoms with Crippen molar-refractivity contribution in [1.82, 2.24) is 19.7 Å². The molecule has 0 unspecified atom stereocenters. The average Bonchev–Trinajstić information content (AvgIpc) is 3.18. The third-order valence-corrected chi connectivity index (χ3v) is 4.58. The van der Waals surface area contributed by atoms with E-state index in [0.717, 1.165) is 4.88 Å². The summed E-state index contributed by atoms with van der Waals surface area (Å²) < 4.78 is 2.86. The lowest BCUT2D eigenvalue weighted by atomic mass is 10.2. The minimum Gasteiger partial charge on any atom is -0.350 e. The van der Waals surface area contributed by atoms with Crippen LogP contribution in [0.5, 0.6) is 0 Å². The van der Waals surface area contributed by atoms with Gasteiger partial charge >= 0.3 is 5.69 Å². The topological polar surface area (TPSA) is 68.9 Å².